The Bertz CT molecular complexity index is 462. The van der Waals surface area contributed by atoms with E-state index in [1.54, 1.807) is 18.2 Å². The van der Waals surface area contributed by atoms with Crippen LogP contribution in [-0.4, -0.2) is 31.1 Å². The lowest BCUT2D eigenvalue weighted by Crippen LogP contribution is -2.32. The summed E-state index contributed by atoms with van der Waals surface area (Å²) in [5.41, 5.74) is 0. The number of halogens is 2. The van der Waals surface area contributed by atoms with E-state index in [-0.39, 0.29) is 0 Å². The Kier molecular flexibility index (Phi) is 6.12. The van der Waals surface area contributed by atoms with Gasteiger partial charge in [0.1, 0.15) is 0 Å². The normalized spacial score (nSPS) is 12.0. The first-order chi connectivity index (χ1) is 8.02. The quantitative estimate of drug-likeness (QED) is 0.706. The minimum Gasteiger partial charge on any atom is -0.207 e. The summed E-state index contributed by atoms with van der Waals surface area (Å²) in [5.74, 6) is 0. The summed E-state index contributed by atoms with van der Waals surface area (Å²) in [6, 6.07) is 6.80. The van der Waals surface area contributed by atoms with Crippen molar-refractivity contribution in [3.05, 3.63) is 28.7 Å². The van der Waals surface area contributed by atoms with E-state index in [1.165, 1.54) is 4.31 Å². The summed E-state index contributed by atoms with van der Waals surface area (Å²) in [4.78, 5) is 0.336. The summed E-state index contributed by atoms with van der Waals surface area (Å²) in [7, 11) is -3.36. The molecule has 96 valence electrons. The lowest BCUT2D eigenvalue weighted by atomic mass is 10.4. The molecule has 17 heavy (non-hydrogen) atoms. The number of sulfonamides is 1. The number of alkyl halides is 1. The minimum absolute atomic E-state index is 0.336. The van der Waals surface area contributed by atoms with Crippen LogP contribution in [0, 0.1) is 0 Å². The predicted octanol–water partition coefficient (Wildman–Crippen LogP) is 3.24. The monoisotopic (exact) mass is 383 g/mol. The second-order valence-corrected chi connectivity index (χ2v) is 7.14. The van der Waals surface area contributed by atoms with Crippen LogP contribution in [0.2, 0.25) is 0 Å². The molecule has 0 aliphatic carbocycles. The average Bonchev–Trinajstić information content (AvgIpc) is 2.30. The highest BCUT2D eigenvalue weighted by Crippen LogP contribution is 2.20. The molecule has 1 rings (SSSR count). The fourth-order valence-electron chi connectivity index (χ4n) is 1.46. The molecule has 1 aromatic rings. The average molecular weight is 385 g/mol. The van der Waals surface area contributed by atoms with E-state index in [4.69, 9.17) is 0 Å². The van der Waals surface area contributed by atoms with Crippen LogP contribution in [0.4, 0.5) is 0 Å². The van der Waals surface area contributed by atoms with Crippen LogP contribution in [0.25, 0.3) is 0 Å². The largest absolute Gasteiger partial charge is 0.243 e. The number of benzene rings is 1. The Balaban J connectivity index is 3.00. The summed E-state index contributed by atoms with van der Waals surface area (Å²) in [6.07, 6.45) is 0.807. The van der Waals surface area contributed by atoms with Crippen LogP contribution in [0.15, 0.2) is 33.6 Å². The Labute approximate surface area is 120 Å². The molecule has 0 N–H and O–H groups in total. The van der Waals surface area contributed by atoms with Crippen molar-refractivity contribution in [3.8, 4) is 0 Å². The topological polar surface area (TPSA) is 37.4 Å². The zero-order chi connectivity index (χ0) is 12.9. The van der Waals surface area contributed by atoms with Crippen LogP contribution in [-0.2, 0) is 10.0 Å². The molecule has 0 radical (unpaired) electrons. The Morgan fingerprint density at radius 3 is 2.59 bits per heavy atom. The summed E-state index contributed by atoms with van der Waals surface area (Å²) < 4.78 is 26.9. The third-order valence-corrected chi connectivity index (χ3v) is 5.35. The van der Waals surface area contributed by atoms with Gasteiger partial charge in [0.25, 0.3) is 0 Å². The van der Waals surface area contributed by atoms with Gasteiger partial charge in [-0.1, -0.05) is 44.8 Å². The van der Waals surface area contributed by atoms with Gasteiger partial charge in [-0.05, 0) is 24.6 Å². The predicted molar refractivity (Wildman–Crippen MR) is 77.0 cm³/mol. The van der Waals surface area contributed by atoms with Crippen LogP contribution >= 0.6 is 31.9 Å². The van der Waals surface area contributed by atoms with E-state index in [2.05, 4.69) is 31.9 Å². The fourth-order valence-corrected chi connectivity index (χ4v) is 3.80. The molecule has 0 saturated carbocycles. The molecule has 0 unspecified atom stereocenters. The van der Waals surface area contributed by atoms with Gasteiger partial charge in [0, 0.05) is 22.9 Å². The summed E-state index contributed by atoms with van der Waals surface area (Å²) >= 11 is 6.60. The molecule has 0 spiro atoms. The molecule has 0 fully saturated rings. The first-order valence-corrected chi connectivity index (χ1v) is 8.69. The minimum atomic E-state index is -3.36. The van der Waals surface area contributed by atoms with Crippen molar-refractivity contribution in [1.82, 2.24) is 4.31 Å². The van der Waals surface area contributed by atoms with Gasteiger partial charge >= 0.3 is 0 Å². The SMILES string of the molecule is CCN(CCCBr)S(=O)(=O)c1cccc(Br)c1. The molecular formula is C11H15Br2NO2S. The van der Waals surface area contributed by atoms with Gasteiger partial charge in [-0.3, -0.25) is 0 Å². The van der Waals surface area contributed by atoms with Crippen molar-refractivity contribution in [2.45, 2.75) is 18.2 Å². The third kappa shape index (κ3) is 4.05. The number of nitrogens with zero attached hydrogens (tertiary/aromatic N) is 1. The van der Waals surface area contributed by atoms with Crippen LogP contribution in [0.1, 0.15) is 13.3 Å². The van der Waals surface area contributed by atoms with E-state index in [9.17, 15) is 8.42 Å². The maximum Gasteiger partial charge on any atom is 0.243 e. The first-order valence-electron chi connectivity index (χ1n) is 5.34. The van der Waals surface area contributed by atoms with Crippen LogP contribution < -0.4 is 0 Å². The van der Waals surface area contributed by atoms with Gasteiger partial charge in [0.05, 0.1) is 4.90 Å². The van der Waals surface area contributed by atoms with E-state index >= 15 is 0 Å². The van der Waals surface area contributed by atoms with Gasteiger partial charge in [0.2, 0.25) is 10.0 Å². The van der Waals surface area contributed by atoms with Gasteiger partial charge in [0.15, 0.2) is 0 Å². The Morgan fingerprint density at radius 1 is 1.35 bits per heavy atom. The van der Waals surface area contributed by atoms with Crippen LogP contribution in [0.5, 0.6) is 0 Å². The van der Waals surface area contributed by atoms with Gasteiger partial charge in [-0.15, -0.1) is 0 Å². The van der Waals surface area contributed by atoms with Gasteiger partial charge in [-0.25, -0.2) is 8.42 Å². The van der Waals surface area contributed by atoms with E-state index in [0.717, 1.165) is 16.2 Å². The lowest BCUT2D eigenvalue weighted by Gasteiger charge is -2.20. The number of hydrogen-bond donors (Lipinski definition) is 0. The molecule has 6 heteroatoms. The second-order valence-electron chi connectivity index (χ2n) is 3.50. The zero-order valence-corrected chi connectivity index (χ0v) is 13.6. The number of hydrogen-bond acceptors (Lipinski definition) is 2. The highest BCUT2D eigenvalue weighted by Gasteiger charge is 2.22. The molecule has 0 saturated heterocycles. The first kappa shape index (κ1) is 15.1. The van der Waals surface area contributed by atoms with Gasteiger partial charge < -0.3 is 0 Å². The van der Waals surface area contributed by atoms with Crippen molar-refractivity contribution in [3.63, 3.8) is 0 Å². The maximum atomic E-state index is 12.3. The molecule has 0 heterocycles. The molecule has 0 aromatic heterocycles. The lowest BCUT2D eigenvalue weighted by molar-refractivity contribution is 0.428. The van der Waals surface area contributed by atoms with E-state index < -0.39 is 10.0 Å². The van der Waals surface area contributed by atoms with Crippen molar-refractivity contribution < 1.29 is 8.42 Å². The maximum absolute atomic E-state index is 12.3. The molecule has 3 nitrogen and oxygen atoms in total. The van der Waals surface area contributed by atoms with Gasteiger partial charge in [-0.2, -0.15) is 4.31 Å². The van der Waals surface area contributed by atoms with E-state index in [0.29, 0.717) is 18.0 Å². The molecule has 0 aliphatic rings. The molecule has 1 aromatic carbocycles. The Morgan fingerprint density at radius 2 is 2.06 bits per heavy atom. The van der Waals surface area contributed by atoms with E-state index in [1.807, 2.05) is 13.0 Å². The second kappa shape index (κ2) is 6.87. The molecule has 0 atom stereocenters. The van der Waals surface area contributed by atoms with Crippen molar-refractivity contribution in [1.29, 1.82) is 0 Å². The molecule has 0 bridgehead atoms. The number of rotatable bonds is 6. The highest BCUT2D eigenvalue weighted by atomic mass is 79.9. The smallest absolute Gasteiger partial charge is 0.207 e. The Hall–Kier alpha value is 0.0900. The highest BCUT2D eigenvalue weighted by molar-refractivity contribution is 9.10. The summed E-state index contributed by atoms with van der Waals surface area (Å²) in [5, 5.41) is 0.803. The molecular weight excluding hydrogens is 370 g/mol. The van der Waals surface area contributed by atoms with Crippen molar-refractivity contribution >= 4 is 41.9 Å². The van der Waals surface area contributed by atoms with Crippen molar-refractivity contribution in [2.24, 2.45) is 0 Å². The molecule has 0 aliphatic heterocycles. The van der Waals surface area contributed by atoms with Crippen LogP contribution in [0.3, 0.4) is 0 Å². The molecule has 0 amide bonds. The fraction of sp³-hybridized carbons (Fsp3) is 0.455. The standard InChI is InChI=1S/C11H15Br2NO2S/c1-2-14(8-4-7-12)17(15,16)11-6-3-5-10(13)9-11/h3,5-6,9H,2,4,7-8H2,1H3. The summed E-state index contributed by atoms with van der Waals surface area (Å²) in [6.45, 7) is 2.88. The third-order valence-electron chi connectivity index (χ3n) is 2.33. The zero-order valence-electron chi connectivity index (χ0n) is 9.57. The van der Waals surface area contributed by atoms with Crippen molar-refractivity contribution in [2.75, 3.05) is 18.4 Å².